The maximum absolute atomic E-state index is 13.8. The molecule has 214 valence electrons. The Kier molecular flexibility index (Phi) is 8.28. The van der Waals surface area contributed by atoms with Crippen LogP contribution in [0.1, 0.15) is 56.4 Å². The fraction of sp³-hybridized carbons (Fsp3) is 0.500. The molecule has 2 atom stereocenters. The van der Waals surface area contributed by atoms with Crippen LogP contribution in [0.15, 0.2) is 42.7 Å². The van der Waals surface area contributed by atoms with Crippen LogP contribution >= 0.6 is 0 Å². The van der Waals surface area contributed by atoms with Crippen LogP contribution in [0.5, 0.6) is 0 Å². The third kappa shape index (κ3) is 6.23. The van der Waals surface area contributed by atoms with Crippen molar-refractivity contribution in [3.05, 3.63) is 59.5 Å². The fourth-order valence-electron chi connectivity index (χ4n) is 5.91. The van der Waals surface area contributed by atoms with Crippen molar-refractivity contribution in [1.82, 2.24) is 19.9 Å². The number of alkyl halides is 3. The number of aliphatic hydroxyl groups is 1. The Labute approximate surface area is 233 Å². The minimum absolute atomic E-state index is 0.0624. The minimum atomic E-state index is -4.56. The molecule has 0 amide bonds. The van der Waals surface area contributed by atoms with Gasteiger partial charge in [-0.3, -0.25) is 4.90 Å². The monoisotopic (exact) mass is 554 g/mol. The van der Waals surface area contributed by atoms with E-state index in [1.54, 1.807) is 6.07 Å². The SMILES string of the molecule is CC(C)CN1CCCC[C@H]1N(C)c1nc(C(F)(F)F)ccc1-c1cc(Nc2cccc3c2C[C@H](O)CC3)ncn1. The number of rotatable bonds is 7. The number of halogens is 3. The van der Waals surface area contributed by atoms with Gasteiger partial charge in [0.1, 0.15) is 23.7 Å². The summed E-state index contributed by atoms with van der Waals surface area (Å²) in [5, 5.41) is 13.6. The number of hydrogen-bond donors (Lipinski definition) is 2. The van der Waals surface area contributed by atoms with Gasteiger partial charge in [0, 0.05) is 43.9 Å². The lowest BCUT2D eigenvalue weighted by molar-refractivity contribution is -0.141. The van der Waals surface area contributed by atoms with Gasteiger partial charge in [-0.25, -0.2) is 15.0 Å². The maximum Gasteiger partial charge on any atom is 0.433 e. The van der Waals surface area contributed by atoms with E-state index >= 15 is 0 Å². The number of likely N-dealkylation sites (tertiary alicyclic amines) is 1. The summed E-state index contributed by atoms with van der Waals surface area (Å²) in [6.45, 7) is 6.07. The average molecular weight is 555 g/mol. The van der Waals surface area contributed by atoms with Gasteiger partial charge in [0.05, 0.1) is 18.0 Å². The molecule has 0 spiro atoms. The van der Waals surface area contributed by atoms with Gasteiger partial charge >= 0.3 is 6.18 Å². The Bertz CT molecular complexity index is 1330. The number of nitrogens with one attached hydrogen (secondary N) is 1. The first-order chi connectivity index (χ1) is 19.1. The van der Waals surface area contributed by atoms with Gasteiger partial charge in [0.15, 0.2) is 0 Å². The van der Waals surface area contributed by atoms with Gasteiger partial charge in [0.25, 0.3) is 0 Å². The van der Waals surface area contributed by atoms with Gasteiger partial charge < -0.3 is 15.3 Å². The van der Waals surface area contributed by atoms with Gasteiger partial charge in [-0.2, -0.15) is 13.2 Å². The topological polar surface area (TPSA) is 77.4 Å². The first kappa shape index (κ1) is 28.3. The summed E-state index contributed by atoms with van der Waals surface area (Å²) in [7, 11) is 1.83. The fourth-order valence-corrected chi connectivity index (χ4v) is 5.91. The lowest BCUT2D eigenvalue weighted by atomic mass is 9.88. The highest BCUT2D eigenvalue weighted by Gasteiger charge is 2.35. The first-order valence-corrected chi connectivity index (χ1v) is 14.0. The zero-order valence-electron chi connectivity index (χ0n) is 23.2. The van der Waals surface area contributed by atoms with Gasteiger partial charge in [-0.15, -0.1) is 0 Å². The quantitative estimate of drug-likeness (QED) is 0.368. The minimum Gasteiger partial charge on any atom is -0.393 e. The van der Waals surface area contributed by atoms with Crippen LogP contribution in [0.4, 0.5) is 30.5 Å². The molecule has 0 bridgehead atoms. The zero-order chi connectivity index (χ0) is 28.4. The van der Waals surface area contributed by atoms with E-state index in [1.807, 2.05) is 24.1 Å². The molecule has 1 aromatic carbocycles. The van der Waals surface area contributed by atoms with Gasteiger partial charge in [-0.05, 0) is 67.3 Å². The number of aliphatic hydroxyl groups excluding tert-OH is 1. The van der Waals surface area contributed by atoms with Gasteiger partial charge in [0.2, 0.25) is 0 Å². The molecule has 2 N–H and O–H groups in total. The van der Waals surface area contributed by atoms with E-state index in [9.17, 15) is 18.3 Å². The van der Waals surface area contributed by atoms with Crippen molar-refractivity contribution < 1.29 is 18.3 Å². The van der Waals surface area contributed by atoms with Crippen LogP contribution in [0.2, 0.25) is 0 Å². The molecule has 40 heavy (non-hydrogen) atoms. The third-order valence-electron chi connectivity index (χ3n) is 7.79. The lowest BCUT2D eigenvalue weighted by Gasteiger charge is -2.42. The third-order valence-corrected chi connectivity index (χ3v) is 7.79. The molecule has 0 radical (unpaired) electrons. The van der Waals surface area contributed by atoms with Crippen molar-refractivity contribution in [2.45, 2.75) is 70.8 Å². The number of pyridine rings is 1. The molecule has 0 unspecified atom stereocenters. The Hall–Kier alpha value is -3.24. The number of benzene rings is 1. The highest BCUT2D eigenvalue weighted by molar-refractivity contribution is 5.76. The van der Waals surface area contributed by atoms with Crippen molar-refractivity contribution in [3.63, 3.8) is 0 Å². The van der Waals surface area contributed by atoms with E-state index in [0.717, 1.165) is 62.5 Å². The van der Waals surface area contributed by atoms with Gasteiger partial charge in [-0.1, -0.05) is 26.0 Å². The van der Waals surface area contributed by atoms with Crippen LogP contribution < -0.4 is 10.2 Å². The second-order valence-corrected chi connectivity index (χ2v) is 11.3. The van der Waals surface area contributed by atoms with E-state index < -0.39 is 11.9 Å². The van der Waals surface area contributed by atoms with Crippen molar-refractivity contribution in [2.75, 3.05) is 30.4 Å². The summed E-state index contributed by atoms with van der Waals surface area (Å²) in [5.74, 6) is 1.20. The molecule has 2 aliphatic rings. The standard InChI is InChI=1S/C30H37F3N6O/c1-19(2)17-39-14-5-4-9-28(39)38(3)29-22(12-13-26(37-29)30(31,32)33)25-16-27(35-18-34-25)36-24-8-6-7-20-10-11-21(40)15-23(20)24/h6-8,12-13,16,18-19,21,28,40H,4-5,9-11,14-15,17H2,1-3H3,(H,34,35,36)/t21-,28+/m1/s1. The van der Waals surface area contributed by atoms with E-state index in [-0.39, 0.29) is 18.1 Å². The number of aryl methyl sites for hydroxylation is 1. The van der Waals surface area contributed by atoms with Crippen molar-refractivity contribution in [2.24, 2.45) is 5.92 Å². The Morgan fingerprint density at radius 3 is 2.73 bits per heavy atom. The molecule has 1 saturated heterocycles. The van der Waals surface area contributed by atoms with Crippen LogP contribution in [0.25, 0.3) is 11.3 Å². The normalized spacial score (nSPS) is 19.9. The number of piperidine rings is 1. The van der Waals surface area contributed by atoms with E-state index in [0.29, 0.717) is 29.4 Å². The van der Waals surface area contributed by atoms with Crippen LogP contribution in [0, 0.1) is 5.92 Å². The first-order valence-electron chi connectivity index (χ1n) is 14.0. The number of nitrogens with zero attached hydrogens (tertiary/aromatic N) is 5. The molecule has 7 nitrogen and oxygen atoms in total. The molecule has 1 fully saturated rings. The molecule has 3 aromatic rings. The smallest absolute Gasteiger partial charge is 0.393 e. The highest BCUT2D eigenvalue weighted by Crippen LogP contribution is 2.37. The Morgan fingerprint density at radius 1 is 1.12 bits per heavy atom. The molecule has 1 aliphatic heterocycles. The van der Waals surface area contributed by atoms with Crippen molar-refractivity contribution >= 4 is 17.3 Å². The van der Waals surface area contributed by atoms with Crippen LogP contribution in [0.3, 0.4) is 0 Å². The molecule has 2 aromatic heterocycles. The second kappa shape index (κ2) is 11.7. The van der Waals surface area contributed by atoms with Crippen molar-refractivity contribution in [1.29, 1.82) is 0 Å². The summed E-state index contributed by atoms with van der Waals surface area (Å²) in [6, 6.07) is 10.2. The number of anilines is 3. The molecule has 10 heteroatoms. The summed E-state index contributed by atoms with van der Waals surface area (Å²) >= 11 is 0. The van der Waals surface area contributed by atoms with E-state index in [4.69, 9.17) is 0 Å². The lowest BCUT2D eigenvalue weighted by Crippen LogP contribution is -2.51. The molecule has 3 heterocycles. The molecule has 1 aliphatic carbocycles. The molecular weight excluding hydrogens is 517 g/mol. The number of aromatic nitrogens is 3. The van der Waals surface area contributed by atoms with E-state index in [2.05, 4.69) is 45.1 Å². The van der Waals surface area contributed by atoms with Crippen LogP contribution in [-0.2, 0) is 19.0 Å². The predicted octanol–water partition coefficient (Wildman–Crippen LogP) is 6.05. The number of hydrogen-bond acceptors (Lipinski definition) is 7. The highest BCUT2D eigenvalue weighted by atomic mass is 19.4. The number of fused-ring (bicyclic) bond motifs is 1. The molecule has 0 saturated carbocycles. The summed E-state index contributed by atoms with van der Waals surface area (Å²) in [6.07, 6.45) is 1.43. The summed E-state index contributed by atoms with van der Waals surface area (Å²) in [4.78, 5) is 17.2. The van der Waals surface area contributed by atoms with Crippen LogP contribution in [-0.4, -0.2) is 57.4 Å². The summed E-state index contributed by atoms with van der Waals surface area (Å²) in [5.41, 5.74) is 3.18. The Morgan fingerprint density at radius 2 is 1.95 bits per heavy atom. The maximum atomic E-state index is 13.8. The van der Waals surface area contributed by atoms with E-state index in [1.165, 1.54) is 18.0 Å². The Balaban J connectivity index is 1.51. The predicted molar refractivity (Wildman–Crippen MR) is 150 cm³/mol. The summed E-state index contributed by atoms with van der Waals surface area (Å²) < 4.78 is 41.4. The second-order valence-electron chi connectivity index (χ2n) is 11.3. The largest absolute Gasteiger partial charge is 0.433 e. The van der Waals surface area contributed by atoms with Crippen molar-refractivity contribution in [3.8, 4) is 11.3 Å². The zero-order valence-corrected chi connectivity index (χ0v) is 23.2. The average Bonchev–Trinajstić information content (AvgIpc) is 2.92. The molecular formula is C30H37F3N6O. The molecule has 5 rings (SSSR count).